The van der Waals surface area contributed by atoms with Gasteiger partial charge in [0.05, 0.1) is 42.4 Å². The second-order valence-electron chi connectivity index (χ2n) is 10.2. The second-order valence-corrected chi connectivity index (χ2v) is 12.3. The van der Waals surface area contributed by atoms with Crippen molar-refractivity contribution in [2.24, 2.45) is 5.92 Å². The number of hydrogen-bond donors (Lipinski definition) is 3. The minimum Gasteiger partial charge on any atom is -0.497 e. The molecule has 3 N–H and O–H groups in total. The van der Waals surface area contributed by atoms with Gasteiger partial charge in [-0.1, -0.05) is 31.2 Å². The molecule has 4 rings (SSSR count). The fourth-order valence-corrected chi connectivity index (χ4v) is 5.85. The van der Waals surface area contributed by atoms with Gasteiger partial charge in [-0.25, -0.2) is 13.2 Å². The van der Waals surface area contributed by atoms with Crippen molar-refractivity contribution in [3.8, 4) is 11.5 Å². The normalized spacial score (nSPS) is 17.9. The zero-order valence-corrected chi connectivity index (χ0v) is 24.8. The van der Waals surface area contributed by atoms with E-state index in [2.05, 4.69) is 10.6 Å². The molecule has 11 nitrogen and oxygen atoms in total. The highest BCUT2D eigenvalue weighted by Crippen LogP contribution is 2.35. The van der Waals surface area contributed by atoms with E-state index < -0.39 is 28.2 Å². The predicted octanol–water partition coefficient (Wildman–Crippen LogP) is 3.88. The molecule has 3 amide bonds. The van der Waals surface area contributed by atoms with Crippen molar-refractivity contribution in [1.29, 1.82) is 0 Å². The van der Waals surface area contributed by atoms with Gasteiger partial charge in [0.2, 0.25) is 10.0 Å². The van der Waals surface area contributed by atoms with Gasteiger partial charge in [-0.05, 0) is 55.5 Å². The molecule has 0 aliphatic carbocycles. The Bertz CT molecular complexity index is 1500. The van der Waals surface area contributed by atoms with Gasteiger partial charge in [0.1, 0.15) is 11.9 Å². The molecule has 1 heterocycles. The van der Waals surface area contributed by atoms with Crippen LogP contribution in [-0.2, 0) is 10.0 Å². The van der Waals surface area contributed by atoms with Crippen molar-refractivity contribution in [2.45, 2.75) is 30.9 Å². The third kappa shape index (κ3) is 6.84. The lowest BCUT2D eigenvalue weighted by molar-refractivity contribution is 0.0389. The van der Waals surface area contributed by atoms with Crippen LogP contribution < -0.4 is 20.1 Å². The van der Waals surface area contributed by atoms with Crippen molar-refractivity contribution in [3.05, 3.63) is 78.4 Å². The molecule has 0 aromatic heterocycles. The maximum Gasteiger partial charge on any atom is 0.323 e. The van der Waals surface area contributed by atoms with Crippen LogP contribution in [0.3, 0.4) is 0 Å². The van der Waals surface area contributed by atoms with Crippen molar-refractivity contribution < 1.29 is 32.6 Å². The molecule has 3 atom stereocenters. The summed E-state index contributed by atoms with van der Waals surface area (Å²) in [5.74, 6) is 0.0370. The average molecular weight is 597 g/mol. The van der Waals surface area contributed by atoms with Gasteiger partial charge in [-0.2, -0.15) is 4.31 Å². The van der Waals surface area contributed by atoms with Crippen LogP contribution in [0.5, 0.6) is 11.5 Å². The quantitative estimate of drug-likeness (QED) is 0.341. The van der Waals surface area contributed by atoms with Crippen molar-refractivity contribution in [3.63, 3.8) is 0 Å². The van der Waals surface area contributed by atoms with E-state index in [1.54, 1.807) is 79.6 Å². The molecule has 1 aliphatic heterocycles. The number of hydrogen-bond acceptors (Lipinski definition) is 7. The molecule has 1 aliphatic rings. The molecule has 0 spiro atoms. The Kier molecular flexibility index (Phi) is 9.71. The Morgan fingerprint density at radius 2 is 1.79 bits per heavy atom. The summed E-state index contributed by atoms with van der Waals surface area (Å²) in [6.45, 7) is 3.52. The van der Waals surface area contributed by atoms with E-state index >= 15 is 0 Å². The van der Waals surface area contributed by atoms with Gasteiger partial charge in [0.25, 0.3) is 5.91 Å². The number of anilines is 2. The molecule has 0 saturated heterocycles. The fourth-order valence-electron chi connectivity index (χ4n) is 4.64. The number of ether oxygens (including phenoxy) is 2. The van der Waals surface area contributed by atoms with Crippen molar-refractivity contribution in [2.75, 3.05) is 44.5 Å². The largest absolute Gasteiger partial charge is 0.497 e. The summed E-state index contributed by atoms with van der Waals surface area (Å²) in [7, 11) is -0.807. The summed E-state index contributed by atoms with van der Waals surface area (Å²) in [6.07, 6.45) is -0.707. The van der Waals surface area contributed by atoms with Crippen LogP contribution in [0.1, 0.15) is 24.2 Å². The third-order valence-electron chi connectivity index (χ3n) is 7.18. The minimum atomic E-state index is -3.83. The van der Waals surface area contributed by atoms with Crippen LogP contribution in [0.4, 0.5) is 16.2 Å². The van der Waals surface area contributed by atoms with Crippen molar-refractivity contribution >= 4 is 33.3 Å². The van der Waals surface area contributed by atoms with E-state index in [0.717, 1.165) is 0 Å². The number of carbonyl (C=O) groups excluding carboxylic acids is 2. The maximum atomic E-state index is 13.7. The Morgan fingerprint density at radius 3 is 2.43 bits per heavy atom. The Balaban J connectivity index is 1.67. The maximum absolute atomic E-state index is 13.7. The number of aliphatic hydroxyl groups is 1. The first-order valence-electron chi connectivity index (χ1n) is 13.5. The van der Waals surface area contributed by atoms with E-state index in [0.29, 0.717) is 11.4 Å². The lowest BCUT2D eigenvalue weighted by Gasteiger charge is -2.38. The molecular weight excluding hydrogens is 560 g/mol. The molecule has 224 valence electrons. The standard InChI is InChI=1S/C30H36N4O7S/c1-20-17-34(21(2)19-35)29(36)25-11-8-12-26(32-30(37)31-22-13-15-23(40-4)16-14-22)28(25)41-27(20)18-33(3)42(38,39)24-9-6-5-7-10-24/h5-16,20-21,27,35H,17-19H2,1-4H3,(H2,31,32,37)/t20-,21+,27-/m0/s1. The number of sulfonamides is 1. The Morgan fingerprint density at radius 1 is 1.10 bits per heavy atom. The van der Waals surface area contributed by atoms with Crippen LogP contribution in [-0.4, -0.2) is 80.7 Å². The Labute approximate surface area is 246 Å². The van der Waals surface area contributed by atoms with Gasteiger partial charge in [-0.15, -0.1) is 0 Å². The number of urea groups is 1. The van der Waals surface area contributed by atoms with Crippen LogP contribution in [0, 0.1) is 5.92 Å². The summed E-state index contributed by atoms with van der Waals surface area (Å²) in [5, 5.41) is 15.4. The van der Waals surface area contributed by atoms with E-state index in [1.807, 2.05) is 6.92 Å². The molecule has 0 unspecified atom stereocenters. The SMILES string of the molecule is COc1ccc(NC(=O)Nc2cccc3c2O[C@@H](CN(C)S(=O)(=O)c2ccccc2)[C@@H](C)CN([C@H](C)CO)C3=O)cc1. The molecule has 0 radical (unpaired) electrons. The fraction of sp³-hybridized carbons (Fsp3) is 0.333. The van der Waals surface area contributed by atoms with Crippen LogP contribution in [0.15, 0.2) is 77.7 Å². The molecule has 3 aromatic rings. The summed E-state index contributed by atoms with van der Waals surface area (Å²) in [4.78, 5) is 28.3. The molecular formula is C30H36N4O7S. The number of nitrogens with one attached hydrogen (secondary N) is 2. The van der Waals surface area contributed by atoms with E-state index in [4.69, 9.17) is 9.47 Å². The summed E-state index contributed by atoms with van der Waals surface area (Å²) in [5.41, 5.74) is 0.936. The number of nitrogens with zero attached hydrogens (tertiary/aromatic N) is 2. The first kappa shape index (κ1) is 30.8. The number of benzene rings is 3. The van der Waals surface area contributed by atoms with Gasteiger partial charge >= 0.3 is 6.03 Å². The first-order valence-corrected chi connectivity index (χ1v) is 14.9. The highest BCUT2D eigenvalue weighted by Gasteiger charge is 2.36. The van der Waals surface area contributed by atoms with Gasteiger partial charge in [0, 0.05) is 25.2 Å². The van der Waals surface area contributed by atoms with Crippen LogP contribution >= 0.6 is 0 Å². The topological polar surface area (TPSA) is 138 Å². The summed E-state index contributed by atoms with van der Waals surface area (Å²) >= 11 is 0. The van der Waals surface area contributed by atoms with Gasteiger partial charge in [-0.3, -0.25) is 4.79 Å². The number of amides is 3. The van der Waals surface area contributed by atoms with Gasteiger partial charge in [0.15, 0.2) is 5.75 Å². The molecule has 12 heteroatoms. The van der Waals surface area contributed by atoms with Crippen LogP contribution in [0.25, 0.3) is 0 Å². The monoisotopic (exact) mass is 596 g/mol. The van der Waals surface area contributed by atoms with Gasteiger partial charge < -0.3 is 30.1 Å². The number of rotatable bonds is 9. The number of methoxy groups -OCH3 is 1. The first-order chi connectivity index (χ1) is 20.0. The predicted molar refractivity (Wildman–Crippen MR) is 159 cm³/mol. The van der Waals surface area contributed by atoms with Crippen LogP contribution in [0.2, 0.25) is 0 Å². The molecule has 0 bridgehead atoms. The number of likely N-dealkylation sites (N-methyl/N-ethyl adjacent to an activating group) is 1. The number of carbonyl (C=O) groups is 2. The zero-order chi connectivity index (χ0) is 30.4. The zero-order valence-electron chi connectivity index (χ0n) is 24.0. The smallest absolute Gasteiger partial charge is 0.323 e. The number of aliphatic hydroxyl groups excluding tert-OH is 1. The highest BCUT2D eigenvalue weighted by atomic mass is 32.2. The lowest BCUT2D eigenvalue weighted by atomic mass is 9.99. The summed E-state index contributed by atoms with van der Waals surface area (Å²) < 4.78 is 39.4. The molecule has 0 saturated carbocycles. The average Bonchev–Trinajstić information content (AvgIpc) is 2.99. The number of fused-ring (bicyclic) bond motifs is 1. The molecule has 42 heavy (non-hydrogen) atoms. The minimum absolute atomic E-state index is 0.0280. The molecule has 3 aromatic carbocycles. The highest BCUT2D eigenvalue weighted by molar-refractivity contribution is 7.89. The molecule has 0 fully saturated rings. The van der Waals surface area contributed by atoms with E-state index in [1.165, 1.54) is 23.5 Å². The van der Waals surface area contributed by atoms with E-state index in [9.17, 15) is 23.1 Å². The third-order valence-corrected chi connectivity index (χ3v) is 9.01. The summed E-state index contributed by atoms with van der Waals surface area (Å²) in [6, 6.07) is 18.6. The van der Waals surface area contributed by atoms with E-state index in [-0.39, 0.29) is 53.4 Å². The number of para-hydroxylation sites is 1. The van der Waals surface area contributed by atoms with Crippen molar-refractivity contribution in [1.82, 2.24) is 9.21 Å². The lowest BCUT2D eigenvalue weighted by Crippen LogP contribution is -2.50. The second kappa shape index (κ2) is 13.2. The Hall–Kier alpha value is -4.13.